The largest absolute Gasteiger partial charge is 0.457 e. The third kappa shape index (κ3) is 3.56. The summed E-state index contributed by atoms with van der Waals surface area (Å²) >= 11 is 6.63. The van der Waals surface area contributed by atoms with Crippen molar-refractivity contribution in [2.45, 2.75) is 6.92 Å². The SMILES string of the molecule is CC(=O)c1ccc(-c2ccc(/C=C3\SC(=S)N(c4ccccc4)C3=O)o2)cc1. The Morgan fingerprint density at radius 1 is 1.04 bits per heavy atom. The fraction of sp³-hybridized carbons (Fsp3) is 0.0455. The molecule has 2 heterocycles. The number of carbonyl (C=O) groups excluding carboxylic acids is 2. The van der Waals surface area contributed by atoms with Crippen LogP contribution >= 0.6 is 24.0 Å². The molecule has 1 amide bonds. The second-order valence-electron chi connectivity index (χ2n) is 6.19. The lowest BCUT2D eigenvalue weighted by Crippen LogP contribution is -2.27. The average molecular weight is 406 g/mol. The van der Waals surface area contributed by atoms with E-state index in [-0.39, 0.29) is 11.7 Å². The van der Waals surface area contributed by atoms with Crippen LogP contribution in [0.3, 0.4) is 0 Å². The summed E-state index contributed by atoms with van der Waals surface area (Å²) in [6, 6.07) is 20.2. The van der Waals surface area contributed by atoms with E-state index in [0.717, 1.165) is 11.3 Å². The zero-order valence-corrected chi connectivity index (χ0v) is 16.5. The number of furan rings is 1. The van der Waals surface area contributed by atoms with E-state index in [9.17, 15) is 9.59 Å². The van der Waals surface area contributed by atoms with E-state index in [1.165, 1.54) is 23.6 Å². The molecular weight excluding hydrogens is 390 g/mol. The molecule has 138 valence electrons. The molecule has 1 aliphatic rings. The van der Waals surface area contributed by atoms with Gasteiger partial charge in [-0.1, -0.05) is 66.4 Å². The molecule has 1 fully saturated rings. The Labute approximate surface area is 171 Å². The van der Waals surface area contributed by atoms with Crippen molar-refractivity contribution < 1.29 is 14.0 Å². The number of hydrogen-bond acceptors (Lipinski definition) is 5. The molecule has 0 bridgehead atoms. The zero-order valence-electron chi connectivity index (χ0n) is 14.9. The molecule has 0 aliphatic carbocycles. The second-order valence-corrected chi connectivity index (χ2v) is 7.86. The van der Waals surface area contributed by atoms with Crippen molar-refractivity contribution in [3.8, 4) is 11.3 Å². The van der Waals surface area contributed by atoms with Gasteiger partial charge in [0.05, 0.1) is 10.6 Å². The molecule has 4 rings (SSSR count). The smallest absolute Gasteiger partial charge is 0.270 e. The molecule has 1 aliphatic heterocycles. The van der Waals surface area contributed by atoms with E-state index < -0.39 is 0 Å². The van der Waals surface area contributed by atoms with Crippen molar-refractivity contribution in [3.63, 3.8) is 0 Å². The summed E-state index contributed by atoms with van der Waals surface area (Å²) < 4.78 is 6.36. The number of carbonyl (C=O) groups is 2. The average Bonchev–Trinajstić information content (AvgIpc) is 3.27. The summed E-state index contributed by atoms with van der Waals surface area (Å²) in [4.78, 5) is 26.2. The minimum Gasteiger partial charge on any atom is -0.457 e. The van der Waals surface area contributed by atoms with Crippen molar-refractivity contribution in [1.29, 1.82) is 0 Å². The minimum atomic E-state index is -0.162. The Kier molecular flexibility index (Phi) is 4.98. The van der Waals surface area contributed by atoms with Gasteiger partial charge >= 0.3 is 0 Å². The van der Waals surface area contributed by atoms with Crippen LogP contribution in [0.15, 0.2) is 76.1 Å². The molecule has 1 saturated heterocycles. The highest BCUT2D eigenvalue weighted by atomic mass is 32.2. The molecule has 2 aromatic carbocycles. The molecule has 1 aromatic heterocycles. The number of nitrogens with zero attached hydrogens (tertiary/aromatic N) is 1. The normalized spacial score (nSPS) is 15.5. The van der Waals surface area contributed by atoms with Crippen molar-refractivity contribution in [1.82, 2.24) is 0 Å². The van der Waals surface area contributed by atoms with Gasteiger partial charge in [0.2, 0.25) is 0 Å². The summed E-state index contributed by atoms with van der Waals surface area (Å²) in [5, 5.41) is 0. The van der Waals surface area contributed by atoms with Crippen LogP contribution in [0.25, 0.3) is 17.4 Å². The number of Topliss-reactive ketones (excluding diaryl/α,β-unsaturated/α-hetero) is 1. The number of hydrogen-bond donors (Lipinski definition) is 0. The van der Waals surface area contributed by atoms with Gasteiger partial charge in [-0.2, -0.15) is 0 Å². The number of benzene rings is 2. The third-order valence-electron chi connectivity index (χ3n) is 4.28. The molecule has 0 saturated carbocycles. The fourth-order valence-electron chi connectivity index (χ4n) is 2.85. The Balaban J connectivity index is 1.58. The molecule has 0 unspecified atom stereocenters. The summed E-state index contributed by atoms with van der Waals surface area (Å²) in [5.41, 5.74) is 2.26. The molecule has 0 radical (unpaired) electrons. The Hall–Kier alpha value is -2.96. The predicted octanol–water partition coefficient (Wildman–Crippen LogP) is 5.56. The summed E-state index contributed by atoms with van der Waals surface area (Å²) in [5.74, 6) is 1.09. The maximum Gasteiger partial charge on any atom is 0.270 e. The molecular formula is C22H15NO3S2. The topological polar surface area (TPSA) is 50.5 Å². The van der Waals surface area contributed by atoms with E-state index >= 15 is 0 Å². The van der Waals surface area contributed by atoms with Crippen LogP contribution in [0.1, 0.15) is 23.0 Å². The lowest BCUT2D eigenvalue weighted by molar-refractivity contribution is -0.113. The lowest BCUT2D eigenvalue weighted by atomic mass is 10.1. The van der Waals surface area contributed by atoms with Gasteiger partial charge < -0.3 is 4.42 Å². The highest BCUT2D eigenvalue weighted by molar-refractivity contribution is 8.27. The van der Waals surface area contributed by atoms with Gasteiger partial charge in [-0.25, -0.2) is 0 Å². The monoisotopic (exact) mass is 405 g/mol. The number of rotatable bonds is 4. The number of anilines is 1. The van der Waals surface area contributed by atoms with Crippen LogP contribution < -0.4 is 4.90 Å². The van der Waals surface area contributed by atoms with E-state index in [2.05, 4.69) is 0 Å². The molecule has 0 atom stereocenters. The van der Waals surface area contributed by atoms with E-state index in [1.54, 1.807) is 18.2 Å². The van der Waals surface area contributed by atoms with Gasteiger partial charge in [0, 0.05) is 17.2 Å². The van der Waals surface area contributed by atoms with Gasteiger partial charge in [-0.15, -0.1) is 0 Å². The summed E-state index contributed by atoms with van der Waals surface area (Å²) in [7, 11) is 0. The maximum atomic E-state index is 12.8. The lowest BCUT2D eigenvalue weighted by Gasteiger charge is -2.13. The van der Waals surface area contributed by atoms with Gasteiger partial charge in [-0.3, -0.25) is 14.5 Å². The zero-order chi connectivity index (χ0) is 19.7. The van der Waals surface area contributed by atoms with Gasteiger partial charge in [0.25, 0.3) is 5.91 Å². The predicted molar refractivity (Wildman–Crippen MR) is 116 cm³/mol. The Bertz CT molecular complexity index is 1100. The summed E-state index contributed by atoms with van der Waals surface area (Å²) in [6.07, 6.45) is 1.70. The van der Waals surface area contributed by atoms with Crippen LogP contribution in [-0.4, -0.2) is 16.0 Å². The van der Waals surface area contributed by atoms with Crippen LogP contribution in [-0.2, 0) is 4.79 Å². The van der Waals surface area contributed by atoms with E-state index in [1.807, 2.05) is 54.6 Å². The first-order valence-electron chi connectivity index (χ1n) is 8.57. The molecule has 4 nitrogen and oxygen atoms in total. The van der Waals surface area contributed by atoms with Crippen molar-refractivity contribution >= 4 is 51.8 Å². The number of thioether (sulfide) groups is 1. The minimum absolute atomic E-state index is 0.0205. The molecule has 0 spiro atoms. The van der Waals surface area contributed by atoms with Crippen molar-refractivity contribution in [2.24, 2.45) is 0 Å². The second kappa shape index (κ2) is 7.58. The Morgan fingerprint density at radius 2 is 1.75 bits per heavy atom. The molecule has 0 N–H and O–H groups in total. The quantitative estimate of drug-likeness (QED) is 0.323. The van der Waals surface area contributed by atoms with Crippen molar-refractivity contribution in [2.75, 3.05) is 4.90 Å². The molecule has 3 aromatic rings. The summed E-state index contributed by atoms with van der Waals surface area (Å²) in [6.45, 7) is 1.53. The first kappa shape index (κ1) is 18.4. The number of para-hydroxylation sites is 1. The van der Waals surface area contributed by atoms with E-state index in [0.29, 0.717) is 26.3 Å². The first-order valence-corrected chi connectivity index (χ1v) is 9.79. The highest BCUT2D eigenvalue weighted by Gasteiger charge is 2.33. The van der Waals surface area contributed by atoms with Crippen LogP contribution in [0.4, 0.5) is 5.69 Å². The van der Waals surface area contributed by atoms with Gasteiger partial charge in [0.15, 0.2) is 10.1 Å². The van der Waals surface area contributed by atoms with Crippen LogP contribution in [0.5, 0.6) is 0 Å². The molecule has 6 heteroatoms. The number of ketones is 1. The van der Waals surface area contributed by atoms with Gasteiger partial charge in [-0.05, 0) is 31.2 Å². The van der Waals surface area contributed by atoms with E-state index in [4.69, 9.17) is 16.6 Å². The maximum absolute atomic E-state index is 12.8. The molecule has 28 heavy (non-hydrogen) atoms. The van der Waals surface area contributed by atoms with Crippen molar-refractivity contribution in [3.05, 3.63) is 83.0 Å². The Morgan fingerprint density at radius 3 is 2.43 bits per heavy atom. The highest BCUT2D eigenvalue weighted by Crippen LogP contribution is 2.36. The van der Waals surface area contributed by atoms with Gasteiger partial charge in [0.1, 0.15) is 11.5 Å². The standard InChI is InChI=1S/C22H15NO3S2/c1-14(24)15-7-9-16(10-8-15)19-12-11-18(26-19)13-20-21(25)23(22(27)28-20)17-5-3-2-4-6-17/h2-13H,1H3/b20-13-. The van der Waals surface area contributed by atoms with Crippen LogP contribution in [0.2, 0.25) is 0 Å². The third-order valence-corrected chi connectivity index (χ3v) is 5.59. The van der Waals surface area contributed by atoms with Crippen LogP contribution in [0, 0.1) is 0 Å². The number of amides is 1. The first-order chi connectivity index (χ1) is 13.5. The fourth-order valence-corrected chi connectivity index (χ4v) is 4.13. The number of thiocarbonyl (C=S) groups is 1.